The van der Waals surface area contributed by atoms with E-state index in [1.165, 1.54) is 18.2 Å². The van der Waals surface area contributed by atoms with Crippen LogP contribution in [0.25, 0.3) is 0 Å². The maximum Gasteiger partial charge on any atom is 0.306 e. The van der Waals surface area contributed by atoms with Crippen molar-refractivity contribution in [3.63, 3.8) is 0 Å². The molecule has 1 fully saturated rings. The molecule has 7 nitrogen and oxygen atoms in total. The number of hydrogen-bond donors (Lipinski definition) is 0. The first kappa shape index (κ1) is 23.4. The summed E-state index contributed by atoms with van der Waals surface area (Å²) < 4.78 is 21.6. The normalized spacial score (nSPS) is 23.0. The van der Waals surface area contributed by atoms with Crippen LogP contribution in [0.2, 0.25) is 0 Å². The summed E-state index contributed by atoms with van der Waals surface area (Å²) in [6, 6.07) is 4.32. The van der Waals surface area contributed by atoms with Crippen molar-refractivity contribution in [3.05, 3.63) is 23.3 Å². The largest absolute Gasteiger partial charge is 0.493 e. The zero-order valence-electron chi connectivity index (χ0n) is 19.3. The number of carbonyl (C=O) groups is 2. The van der Waals surface area contributed by atoms with E-state index in [0.717, 1.165) is 43.9 Å². The van der Waals surface area contributed by atoms with Gasteiger partial charge in [-0.2, -0.15) is 0 Å². The monoisotopic (exact) mass is 433 g/mol. The number of nitrogens with zero attached hydrogens (tertiary/aromatic N) is 1. The summed E-state index contributed by atoms with van der Waals surface area (Å²) in [6.45, 7) is 6.27. The number of methoxy groups -OCH3 is 3. The summed E-state index contributed by atoms with van der Waals surface area (Å²) in [5.41, 5.74) is 2.49. The maximum absolute atomic E-state index is 12.5. The van der Waals surface area contributed by atoms with Gasteiger partial charge >= 0.3 is 11.9 Å². The molecule has 0 unspecified atom stereocenters. The minimum absolute atomic E-state index is 0.0479. The van der Waals surface area contributed by atoms with Gasteiger partial charge in [-0.25, -0.2) is 0 Å². The second kappa shape index (κ2) is 10.4. The molecule has 3 atom stereocenters. The van der Waals surface area contributed by atoms with Crippen molar-refractivity contribution in [2.45, 2.75) is 58.1 Å². The van der Waals surface area contributed by atoms with Crippen LogP contribution >= 0.6 is 0 Å². The van der Waals surface area contributed by atoms with E-state index >= 15 is 0 Å². The first-order valence-electron chi connectivity index (χ1n) is 11.1. The van der Waals surface area contributed by atoms with Gasteiger partial charge in [0.25, 0.3) is 0 Å². The Kier molecular flexibility index (Phi) is 7.81. The molecule has 0 bridgehead atoms. The van der Waals surface area contributed by atoms with Crippen molar-refractivity contribution in [3.8, 4) is 11.5 Å². The molecule has 1 aromatic rings. The van der Waals surface area contributed by atoms with E-state index in [4.69, 9.17) is 14.2 Å². The number of hydrogen-bond acceptors (Lipinski definition) is 7. The Morgan fingerprint density at radius 2 is 1.74 bits per heavy atom. The lowest BCUT2D eigenvalue weighted by molar-refractivity contribution is -0.160. The summed E-state index contributed by atoms with van der Waals surface area (Å²) >= 11 is 0. The highest BCUT2D eigenvalue weighted by atomic mass is 16.5. The molecule has 0 N–H and O–H groups in total. The lowest BCUT2D eigenvalue weighted by Crippen LogP contribution is -2.49. The van der Waals surface area contributed by atoms with Crippen LogP contribution in [-0.4, -0.2) is 57.4 Å². The predicted molar refractivity (Wildman–Crippen MR) is 116 cm³/mol. The van der Waals surface area contributed by atoms with Gasteiger partial charge in [0.15, 0.2) is 11.5 Å². The third-order valence-electron chi connectivity index (χ3n) is 6.38. The van der Waals surface area contributed by atoms with Gasteiger partial charge in [-0.05, 0) is 42.0 Å². The number of benzene rings is 1. The van der Waals surface area contributed by atoms with Gasteiger partial charge < -0.3 is 18.9 Å². The molecule has 172 valence electrons. The second-order valence-corrected chi connectivity index (χ2v) is 8.90. The average molecular weight is 434 g/mol. The lowest BCUT2D eigenvalue weighted by atomic mass is 9.79. The topological polar surface area (TPSA) is 74.3 Å². The Morgan fingerprint density at radius 3 is 2.39 bits per heavy atom. The van der Waals surface area contributed by atoms with Crippen LogP contribution in [0.3, 0.4) is 0 Å². The maximum atomic E-state index is 12.5. The molecule has 2 aliphatic heterocycles. The highest BCUT2D eigenvalue weighted by Crippen LogP contribution is 2.44. The average Bonchev–Trinajstić information content (AvgIpc) is 2.76. The third kappa shape index (κ3) is 5.50. The Morgan fingerprint density at radius 1 is 1.06 bits per heavy atom. The molecule has 31 heavy (non-hydrogen) atoms. The van der Waals surface area contributed by atoms with Gasteiger partial charge in [0.2, 0.25) is 0 Å². The minimum atomic E-state index is -0.396. The van der Waals surface area contributed by atoms with Crippen LogP contribution < -0.4 is 9.47 Å². The van der Waals surface area contributed by atoms with Crippen LogP contribution in [-0.2, 0) is 25.5 Å². The number of esters is 2. The molecule has 7 heteroatoms. The Hall–Kier alpha value is -2.28. The smallest absolute Gasteiger partial charge is 0.306 e. The number of carbonyl (C=O) groups excluding carboxylic acids is 2. The standard InChI is InChI=1S/C24H35NO6/c1-15(2)10-17-14-25-9-8-16-11-21(28-3)22(29-4)12-18(16)19(25)13-20(17)31-24(27)7-6-23(26)30-5/h11-12,15,17,19-20H,6-10,13-14H2,1-5H3/t17-,19-,20-/m1/s1. The fourth-order valence-corrected chi connectivity index (χ4v) is 4.92. The van der Waals surface area contributed by atoms with Gasteiger partial charge in [-0.15, -0.1) is 0 Å². The summed E-state index contributed by atoms with van der Waals surface area (Å²) in [6.07, 6.45) is 2.62. The first-order valence-corrected chi connectivity index (χ1v) is 11.1. The van der Waals surface area contributed by atoms with Gasteiger partial charge in [0.1, 0.15) is 6.10 Å². The summed E-state index contributed by atoms with van der Waals surface area (Å²) in [7, 11) is 4.63. The zero-order chi connectivity index (χ0) is 22.5. The van der Waals surface area contributed by atoms with E-state index in [-0.39, 0.29) is 36.9 Å². The SMILES string of the molecule is COC(=O)CCC(=O)O[C@@H]1C[C@@H]2c3cc(OC)c(OC)cc3CCN2C[C@H]1CC(C)C. The highest BCUT2D eigenvalue weighted by Gasteiger charge is 2.41. The molecule has 1 aromatic carbocycles. The van der Waals surface area contributed by atoms with Crippen molar-refractivity contribution in [2.24, 2.45) is 11.8 Å². The van der Waals surface area contributed by atoms with Gasteiger partial charge in [0.05, 0.1) is 34.2 Å². The van der Waals surface area contributed by atoms with Gasteiger partial charge in [0, 0.05) is 31.5 Å². The third-order valence-corrected chi connectivity index (χ3v) is 6.38. The Bertz CT molecular complexity index is 793. The van der Waals surface area contributed by atoms with Crippen molar-refractivity contribution < 1.29 is 28.5 Å². The molecule has 2 heterocycles. The number of fused-ring (bicyclic) bond motifs is 3. The molecule has 0 radical (unpaired) electrons. The predicted octanol–water partition coefficient (Wildman–Crippen LogP) is 3.53. The zero-order valence-corrected chi connectivity index (χ0v) is 19.3. The van der Waals surface area contributed by atoms with Crippen LogP contribution in [0.1, 0.15) is 56.7 Å². The van der Waals surface area contributed by atoms with Gasteiger partial charge in [-0.3, -0.25) is 14.5 Å². The fourth-order valence-electron chi connectivity index (χ4n) is 4.92. The Balaban J connectivity index is 1.81. The van der Waals surface area contributed by atoms with Crippen molar-refractivity contribution in [2.75, 3.05) is 34.4 Å². The molecular formula is C24H35NO6. The molecular weight excluding hydrogens is 398 g/mol. The van der Waals surface area contributed by atoms with E-state index in [9.17, 15) is 9.59 Å². The summed E-state index contributed by atoms with van der Waals surface area (Å²) in [5, 5.41) is 0. The molecule has 0 amide bonds. The molecule has 0 saturated carbocycles. The molecule has 1 saturated heterocycles. The summed E-state index contributed by atoms with van der Waals surface area (Å²) in [4.78, 5) is 26.4. The molecule has 0 spiro atoms. The minimum Gasteiger partial charge on any atom is -0.493 e. The van der Waals surface area contributed by atoms with Crippen LogP contribution in [0, 0.1) is 11.8 Å². The quantitative estimate of drug-likeness (QED) is 0.581. The van der Waals surface area contributed by atoms with Crippen LogP contribution in [0.5, 0.6) is 11.5 Å². The van der Waals surface area contributed by atoms with Crippen LogP contribution in [0.4, 0.5) is 0 Å². The van der Waals surface area contributed by atoms with E-state index in [1.807, 2.05) is 0 Å². The molecule has 0 aromatic heterocycles. The lowest BCUT2D eigenvalue weighted by Gasteiger charge is -2.47. The highest BCUT2D eigenvalue weighted by molar-refractivity contribution is 5.77. The van der Waals surface area contributed by atoms with E-state index in [0.29, 0.717) is 5.92 Å². The van der Waals surface area contributed by atoms with E-state index in [1.54, 1.807) is 14.2 Å². The first-order chi connectivity index (χ1) is 14.9. The Labute approximate surface area is 185 Å². The number of piperidine rings is 1. The van der Waals surface area contributed by atoms with Gasteiger partial charge in [-0.1, -0.05) is 13.8 Å². The van der Waals surface area contributed by atoms with E-state index in [2.05, 4.69) is 35.6 Å². The fraction of sp³-hybridized carbons (Fsp3) is 0.667. The number of ether oxygens (including phenoxy) is 4. The van der Waals surface area contributed by atoms with Crippen molar-refractivity contribution in [1.29, 1.82) is 0 Å². The number of rotatable bonds is 8. The van der Waals surface area contributed by atoms with Crippen LogP contribution in [0.15, 0.2) is 12.1 Å². The van der Waals surface area contributed by atoms with E-state index < -0.39 is 5.97 Å². The summed E-state index contributed by atoms with van der Waals surface area (Å²) in [5.74, 6) is 1.53. The molecule has 2 aliphatic rings. The molecule has 0 aliphatic carbocycles. The van der Waals surface area contributed by atoms with Crippen molar-refractivity contribution in [1.82, 2.24) is 4.90 Å². The second-order valence-electron chi connectivity index (χ2n) is 8.90. The van der Waals surface area contributed by atoms with Crippen molar-refractivity contribution >= 4 is 11.9 Å². The molecule has 3 rings (SSSR count).